The van der Waals surface area contributed by atoms with E-state index in [1.165, 1.54) is 0 Å². The van der Waals surface area contributed by atoms with Crippen molar-refractivity contribution in [1.29, 1.82) is 0 Å². The van der Waals surface area contributed by atoms with Crippen molar-refractivity contribution in [3.8, 4) is 0 Å². The standard InChI is InChI=1S/C42H54N8O5/c43-19-6-5-11-29(23-38(52)36-18-9-21-50(36)39(53)25-28-13-7-12-27-10-1-2-14-32(27)28)41(55)49-35(17-8-20-47-42(45)46)37(51)24-30(40(44)54)22-31-26-48-34-16-4-3-15-33(31)34/h1-4,7,10,12-16,26,29-30,35-36,48H,5-6,8-9,11,17-25,43H2,(H2,44,54)(H,49,55)(H4,45,46,47)/t29-,30-,35+,36+/m1/s1. The number of carbonyl (C=O) groups is 5. The molecule has 1 aliphatic heterocycles. The maximum Gasteiger partial charge on any atom is 0.227 e. The van der Waals surface area contributed by atoms with Crippen molar-refractivity contribution < 1.29 is 24.0 Å². The molecule has 292 valence electrons. The third-order valence-corrected chi connectivity index (χ3v) is 10.6. The average Bonchev–Trinajstić information content (AvgIpc) is 3.83. The highest BCUT2D eigenvalue weighted by atomic mass is 16.2. The topological polar surface area (TPSA) is 233 Å². The second kappa shape index (κ2) is 19.7. The number of aromatic amines is 1. The van der Waals surface area contributed by atoms with Crippen LogP contribution >= 0.6 is 0 Å². The molecule has 0 unspecified atom stereocenters. The van der Waals surface area contributed by atoms with Crippen LogP contribution in [0.4, 0.5) is 0 Å². The maximum absolute atomic E-state index is 14.1. The fraction of sp³-hybridized carbons (Fsp3) is 0.429. The summed E-state index contributed by atoms with van der Waals surface area (Å²) >= 11 is 0. The van der Waals surface area contributed by atoms with E-state index < -0.39 is 35.7 Å². The first-order valence-electron chi connectivity index (χ1n) is 19.3. The Morgan fingerprint density at radius 1 is 0.836 bits per heavy atom. The Hall–Kier alpha value is -5.56. The number of H-pyrrole nitrogens is 1. The van der Waals surface area contributed by atoms with Crippen molar-refractivity contribution in [2.45, 2.75) is 82.7 Å². The molecule has 3 aromatic carbocycles. The quantitative estimate of drug-likeness (QED) is 0.0419. The lowest BCUT2D eigenvalue weighted by Gasteiger charge is -2.27. The van der Waals surface area contributed by atoms with Crippen LogP contribution in [0.1, 0.15) is 68.9 Å². The van der Waals surface area contributed by atoms with Gasteiger partial charge in [-0.05, 0) is 79.5 Å². The van der Waals surface area contributed by atoms with E-state index in [1.807, 2.05) is 72.9 Å². The molecule has 0 bridgehead atoms. The summed E-state index contributed by atoms with van der Waals surface area (Å²) in [6.07, 6.45) is 5.40. The van der Waals surface area contributed by atoms with Crippen LogP contribution in [0.25, 0.3) is 21.7 Å². The fourth-order valence-electron chi connectivity index (χ4n) is 7.68. The zero-order chi connectivity index (χ0) is 39.3. The predicted molar refractivity (Wildman–Crippen MR) is 215 cm³/mol. The molecule has 1 saturated heterocycles. The molecule has 0 saturated carbocycles. The number of nitrogens with one attached hydrogen (secondary N) is 2. The minimum absolute atomic E-state index is 0.0848. The minimum Gasteiger partial charge on any atom is -0.370 e. The Morgan fingerprint density at radius 2 is 1.58 bits per heavy atom. The SMILES string of the molecule is NCCCC[C@H](CC(=O)[C@@H]1CCCN1C(=O)Cc1cccc2ccccc12)C(=O)N[C@@H](CCCN=C(N)N)C(=O)C[C@@H](Cc1c[nH]c2ccccc12)C(N)=O. The second-order valence-electron chi connectivity index (χ2n) is 14.6. The van der Waals surface area contributed by atoms with Crippen molar-refractivity contribution in [2.75, 3.05) is 19.6 Å². The molecule has 3 amide bonds. The van der Waals surface area contributed by atoms with E-state index in [2.05, 4.69) is 15.3 Å². The maximum atomic E-state index is 14.1. The van der Waals surface area contributed by atoms with Gasteiger partial charge in [-0.15, -0.1) is 0 Å². The minimum atomic E-state index is -0.969. The Bertz CT molecular complexity index is 2000. The van der Waals surface area contributed by atoms with Gasteiger partial charge in [0, 0.05) is 54.9 Å². The highest BCUT2D eigenvalue weighted by molar-refractivity contribution is 5.97. The van der Waals surface area contributed by atoms with Gasteiger partial charge in [0.05, 0.1) is 18.5 Å². The summed E-state index contributed by atoms with van der Waals surface area (Å²) in [6.45, 7) is 1.13. The highest BCUT2D eigenvalue weighted by Crippen LogP contribution is 2.27. The first-order valence-corrected chi connectivity index (χ1v) is 19.3. The van der Waals surface area contributed by atoms with Crippen LogP contribution in [-0.4, -0.2) is 76.8 Å². The fourth-order valence-corrected chi connectivity index (χ4v) is 7.68. The zero-order valence-corrected chi connectivity index (χ0v) is 31.4. The number of hydrogen-bond acceptors (Lipinski definition) is 7. The summed E-state index contributed by atoms with van der Waals surface area (Å²) in [6, 6.07) is 19.8. The molecule has 2 heterocycles. The number of aliphatic imine (C=N–C) groups is 1. The van der Waals surface area contributed by atoms with Gasteiger partial charge in [-0.2, -0.15) is 0 Å². The molecule has 5 rings (SSSR count). The number of unbranched alkanes of at least 4 members (excludes halogenated alkanes) is 1. The van der Waals surface area contributed by atoms with E-state index in [1.54, 1.807) is 4.90 Å². The van der Waals surface area contributed by atoms with Gasteiger partial charge in [0.1, 0.15) is 0 Å². The van der Waals surface area contributed by atoms with Gasteiger partial charge in [0.15, 0.2) is 17.5 Å². The molecule has 13 heteroatoms. The molecule has 1 aliphatic rings. The molecule has 1 aromatic heterocycles. The summed E-state index contributed by atoms with van der Waals surface area (Å²) in [5.41, 5.74) is 25.3. The van der Waals surface area contributed by atoms with Gasteiger partial charge in [-0.1, -0.05) is 67.1 Å². The van der Waals surface area contributed by atoms with E-state index in [-0.39, 0.29) is 62.1 Å². The Kier molecular flexibility index (Phi) is 14.5. The van der Waals surface area contributed by atoms with Crippen molar-refractivity contribution in [3.05, 3.63) is 84.1 Å². The Labute approximate surface area is 321 Å². The summed E-state index contributed by atoms with van der Waals surface area (Å²) in [7, 11) is 0. The number of fused-ring (bicyclic) bond motifs is 2. The molecule has 1 fully saturated rings. The van der Waals surface area contributed by atoms with Gasteiger partial charge in [0.2, 0.25) is 17.7 Å². The molecule has 0 aliphatic carbocycles. The number of nitrogens with two attached hydrogens (primary N) is 4. The summed E-state index contributed by atoms with van der Waals surface area (Å²) in [5, 5.41) is 5.90. The lowest BCUT2D eigenvalue weighted by Crippen LogP contribution is -2.47. The van der Waals surface area contributed by atoms with Gasteiger partial charge >= 0.3 is 0 Å². The van der Waals surface area contributed by atoms with E-state index in [0.717, 1.165) is 32.8 Å². The van der Waals surface area contributed by atoms with Crippen LogP contribution in [0.2, 0.25) is 0 Å². The summed E-state index contributed by atoms with van der Waals surface area (Å²) in [5.74, 6) is -3.37. The van der Waals surface area contributed by atoms with E-state index in [4.69, 9.17) is 22.9 Å². The van der Waals surface area contributed by atoms with E-state index in [0.29, 0.717) is 51.6 Å². The van der Waals surface area contributed by atoms with Crippen LogP contribution in [-0.2, 0) is 36.8 Å². The summed E-state index contributed by atoms with van der Waals surface area (Å²) in [4.78, 5) is 77.2. The second-order valence-corrected chi connectivity index (χ2v) is 14.6. The lowest BCUT2D eigenvalue weighted by molar-refractivity contribution is -0.138. The average molecular weight is 751 g/mol. The third-order valence-electron chi connectivity index (χ3n) is 10.6. The first-order chi connectivity index (χ1) is 26.5. The number of benzene rings is 3. The largest absolute Gasteiger partial charge is 0.370 e. The van der Waals surface area contributed by atoms with Crippen molar-refractivity contribution >= 4 is 56.9 Å². The molecule has 55 heavy (non-hydrogen) atoms. The first kappa shape index (κ1) is 40.6. The van der Waals surface area contributed by atoms with Crippen LogP contribution in [0.3, 0.4) is 0 Å². The number of rotatable bonds is 21. The number of amides is 3. The molecule has 4 aromatic rings. The van der Waals surface area contributed by atoms with Crippen molar-refractivity contribution in [1.82, 2.24) is 15.2 Å². The molecular formula is C42H54N8O5. The molecule has 13 nitrogen and oxygen atoms in total. The van der Waals surface area contributed by atoms with Crippen molar-refractivity contribution in [3.63, 3.8) is 0 Å². The normalized spacial score (nSPS) is 15.7. The van der Waals surface area contributed by atoms with Crippen LogP contribution in [0.5, 0.6) is 0 Å². The number of likely N-dealkylation sites (tertiary alicyclic amines) is 1. The van der Waals surface area contributed by atoms with Crippen molar-refractivity contribution in [2.24, 2.45) is 39.8 Å². The number of nitrogens with zero attached hydrogens (tertiary/aromatic N) is 2. The number of guanidine groups is 1. The van der Waals surface area contributed by atoms with Crippen LogP contribution in [0.15, 0.2) is 77.9 Å². The number of Topliss-reactive ketones (excluding diaryl/α,β-unsaturated/α-hetero) is 2. The molecule has 10 N–H and O–H groups in total. The van der Waals surface area contributed by atoms with Gasteiger partial charge in [-0.25, -0.2) is 0 Å². The monoisotopic (exact) mass is 750 g/mol. The predicted octanol–water partition coefficient (Wildman–Crippen LogP) is 3.40. The summed E-state index contributed by atoms with van der Waals surface area (Å²) < 4.78 is 0. The van der Waals surface area contributed by atoms with Gasteiger partial charge in [-0.3, -0.25) is 29.0 Å². The third kappa shape index (κ3) is 11.0. The number of primary amides is 1. The number of para-hydroxylation sites is 1. The van der Waals surface area contributed by atoms with E-state index in [9.17, 15) is 24.0 Å². The number of carbonyl (C=O) groups excluding carboxylic acids is 5. The molecule has 0 radical (unpaired) electrons. The number of hydrogen-bond donors (Lipinski definition) is 6. The number of aromatic nitrogens is 1. The van der Waals surface area contributed by atoms with Gasteiger partial charge in [0.25, 0.3) is 0 Å². The zero-order valence-electron chi connectivity index (χ0n) is 31.4. The number of ketones is 2. The Balaban J connectivity index is 1.29. The van der Waals surface area contributed by atoms with E-state index >= 15 is 0 Å². The highest BCUT2D eigenvalue weighted by Gasteiger charge is 2.37. The smallest absolute Gasteiger partial charge is 0.227 e. The lowest BCUT2D eigenvalue weighted by atomic mass is 9.89. The Morgan fingerprint density at radius 3 is 2.35 bits per heavy atom. The molecule has 4 atom stereocenters. The molecular weight excluding hydrogens is 697 g/mol. The van der Waals surface area contributed by atoms with Gasteiger partial charge < -0.3 is 38.1 Å². The van der Waals surface area contributed by atoms with Crippen LogP contribution < -0.4 is 28.3 Å². The molecule has 0 spiro atoms. The van der Waals surface area contributed by atoms with Crippen LogP contribution in [0, 0.1) is 11.8 Å².